The average Bonchev–Trinajstić information content (AvgIpc) is 3.10. The maximum atomic E-state index is 12.7. The predicted molar refractivity (Wildman–Crippen MR) is 89.1 cm³/mol. The summed E-state index contributed by atoms with van der Waals surface area (Å²) in [5.41, 5.74) is 0. The summed E-state index contributed by atoms with van der Waals surface area (Å²) in [6.07, 6.45) is 5.76. The predicted octanol–water partition coefficient (Wildman–Crippen LogP) is 2.91. The number of rotatable bonds is 5. The number of ether oxygens (including phenoxy) is 1. The molecule has 2 heterocycles. The molecule has 1 saturated heterocycles. The summed E-state index contributed by atoms with van der Waals surface area (Å²) in [5, 5.41) is 0. The van der Waals surface area contributed by atoms with E-state index >= 15 is 0 Å². The van der Waals surface area contributed by atoms with E-state index in [1.807, 2.05) is 31.5 Å². The largest absolute Gasteiger partial charge is 0.494 e. The van der Waals surface area contributed by atoms with Gasteiger partial charge in [-0.3, -0.25) is 0 Å². The summed E-state index contributed by atoms with van der Waals surface area (Å²) in [5.74, 6) is 0.692. The molecule has 0 amide bonds. The van der Waals surface area contributed by atoms with Crippen LogP contribution < -0.4 is 4.74 Å². The van der Waals surface area contributed by atoms with Gasteiger partial charge in [0.05, 0.1) is 11.5 Å². The SMILES string of the molecule is CCOc1ccc(S(=O)(=O)N2CCC(n3cccc3)CC2)cc1. The molecule has 1 fully saturated rings. The third-order valence-electron chi connectivity index (χ3n) is 4.25. The van der Waals surface area contributed by atoms with Crippen molar-refractivity contribution in [3.63, 3.8) is 0 Å². The topological polar surface area (TPSA) is 51.5 Å². The van der Waals surface area contributed by atoms with Gasteiger partial charge >= 0.3 is 0 Å². The summed E-state index contributed by atoms with van der Waals surface area (Å²) in [4.78, 5) is 0.334. The lowest BCUT2D eigenvalue weighted by molar-refractivity contribution is 0.274. The van der Waals surface area contributed by atoms with E-state index in [4.69, 9.17) is 4.74 Å². The molecule has 124 valence electrons. The molecule has 23 heavy (non-hydrogen) atoms. The molecular weight excluding hydrogens is 312 g/mol. The first kappa shape index (κ1) is 16.1. The van der Waals surface area contributed by atoms with Gasteiger partial charge in [0, 0.05) is 31.5 Å². The fraction of sp³-hybridized carbons (Fsp3) is 0.412. The Morgan fingerprint density at radius 1 is 1.09 bits per heavy atom. The zero-order chi connectivity index (χ0) is 16.3. The molecule has 0 unspecified atom stereocenters. The molecule has 6 heteroatoms. The third kappa shape index (κ3) is 3.43. The van der Waals surface area contributed by atoms with Crippen LogP contribution in [0, 0.1) is 0 Å². The van der Waals surface area contributed by atoms with Crippen LogP contribution in [0.4, 0.5) is 0 Å². The average molecular weight is 334 g/mol. The molecule has 0 atom stereocenters. The smallest absolute Gasteiger partial charge is 0.243 e. The molecule has 5 nitrogen and oxygen atoms in total. The summed E-state index contributed by atoms with van der Waals surface area (Å²) < 4.78 is 34.6. The number of benzene rings is 1. The van der Waals surface area contributed by atoms with Crippen molar-refractivity contribution in [1.82, 2.24) is 8.87 Å². The molecule has 0 N–H and O–H groups in total. The van der Waals surface area contributed by atoms with Gasteiger partial charge in [0.2, 0.25) is 10.0 Å². The number of nitrogens with zero attached hydrogens (tertiary/aromatic N) is 2. The maximum absolute atomic E-state index is 12.7. The first-order valence-corrected chi connectivity index (χ1v) is 9.40. The molecule has 0 saturated carbocycles. The van der Waals surface area contributed by atoms with Crippen molar-refractivity contribution in [3.8, 4) is 5.75 Å². The van der Waals surface area contributed by atoms with Crippen LogP contribution in [0.25, 0.3) is 0 Å². The Bertz CT molecular complexity index is 716. The van der Waals surface area contributed by atoms with E-state index < -0.39 is 10.0 Å². The zero-order valence-corrected chi connectivity index (χ0v) is 14.1. The van der Waals surface area contributed by atoms with E-state index in [-0.39, 0.29) is 0 Å². The summed E-state index contributed by atoms with van der Waals surface area (Å²) in [7, 11) is -3.42. The van der Waals surface area contributed by atoms with Crippen LogP contribution in [0.2, 0.25) is 0 Å². The second kappa shape index (κ2) is 6.76. The van der Waals surface area contributed by atoms with Crippen LogP contribution in [-0.2, 0) is 10.0 Å². The van der Waals surface area contributed by atoms with Gasteiger partial charge in [-0.2, -0.15) is 4.31 Å². The van der Waals surface area contributed by atoms with E-state index in [9.17, 15) is 8.42 Å². The first-order valence-electron chi connectivity index (χ1n) is 7.96. The van der Waals surface area contributed by atoms with Crippen molar-refractivity contribution < 1.29 is 13.2 Å². The van der Waals surface area contributed by atoms with E-state index in [0.29, 0.717) is 36.4 Å². The Kier molecular flexibility index (Phi) is 4.73. The monoisotopic (exact) mass is 334 g/mol. The first-order chi connectivity index (χ1) is 11.1. The normalized spacial score (nSPS) is 17.3. The standard InChI is InChI=1S/C17H22N2O3S/c1-2-22-16-5-7-17(8-6-16)23(20,21)19-13-9-15(10-14-19)18-11-3-4-12-18/h3-8,11-12,15H,2,9-10,13-14H2,1H3. The number of piperidine rings is 1. The minimum Gasteiger partial charge on any atom is -0.494 e. The van der Waals surface area contributed by atoms with Crippen LogP contribution >= 0.6 is 0 Å². The number of aromatic nitrogens is 1. The Labute approximate surface area is 137 Å². The highest BCUT2D eigenvalue weighted by atomic mass is 32.2. The van der Waals surface area contributed by atoms with Gasteiger partial charge < -0.3 is 9.30 Å². The van der Waals surface area contributed by atoms with Crippen LogP contribution in [0.1, 0.15) is 25.8 Å². The van der Waals surface area contributed by atoms with Crippen molar-refractivity contribution in [2.45, 2.75) is 30.7 Å². The fourth-order valence-corrected chi connectivity index (χ4v) is 4.47. The van der Waals surface area contributed by atoms with Crippen molar-refractivity contribution >= 4 is 10.0 Å². The molecule has 0 aliphatic carbocycles. The zero-order valence-electron chi connectivity index (χ0n) is 13.3. The van der Waals surface area contributed by atoms with Gasteiger partial charge in [-0.05, 0) is 56.2 Å². The van der Waals surface area contributed by atoms with Gasteiger partial charge in [-0.15, -0.1) is 0 Å². The Morgan fingerprint density at radius 2 is 1.70 bits per heavy atom. The van der Waals surface area contributed by atoms with Gasteiger partial charge in [0.1, 0.15) is 5.75 Å². The van der Waals surface area contributed by atoms with Crippen molar-refractivity contribution in [2.24, 2.45) is 0 Å². The van der Waals surface area contributed by atoms with Gasteiger partial charge in [0.25, 0.3) is 0 Å². The van der Waals surface area contributed by atoms with Crippen molar-refractivity contribution in [2.75, 3.05) is 19.7 Å². The molecule has 1 aliphatic heterocycles. The van der Waals surface area contributed by atoms with Gasteiger partial charge in [0.15, 0.2) is 0 Å². The number of hydrogen-bond acceptors (Lipinski definition) is 3. The second-order valence-electron chi connectivity index (χ2n) is 5.67. The second-order valence-corrected chi connectivity index (χ2v) is 7.61. The molecule has 1 aromatic carbocycles. The van der Waals surface area contributed by atoms with Crippen LogP contribution in [-0.4, -0.2) is 37.0 Å². The lowest BCUT2D eigenvalue weighted by Gasteiger charge is -2.32. The molecule has 0 spiro atoms. The lowest BCUT2D eigenvalue weighted by Crippen LogP contribution is -2.38. The minimum atomic E-state index is -3.42. The van der Waals surface area contributed by atoms with E-state index in [1.54, 1.807) is 28.6 Å². The molecule has 1 aromatic heterocycles. The highest BCUT2D eigenvalue weighted by molar-refractivity contribution is 7.89. The Hall–Kier alpha value is -1.79. The summed E-state index contributed by atoms with van der Waals surface area (Å²) in [6.45, 7) is 3.58. The quantitative estimate of drug-likeness (QED) is 0.845. The van der Waals surface area contributed by atoms with Gasteiger partial charge in [-0.25, -0.2) is 8.42 Å². The summed E-state index contributed by atoms with van der Waals surface area (Å²) in [6, 6.07) is 11.1. The third-order valence-corrected chi connectivity index (χ3v) is 6.16. The van der Waals surface area contributed by atoms with Gasteiger partial charge in [-0.1, -0.05) is 0 Å². The highest BCUT2D eigenvalue weighted by Gasteiger charge is 2.29. The lowest BCUT2D eigenvalue weighted by atomic mass is 10.1. The molecule has 0 bridgehead atoms. The van der Waals surface area contributed by atoms with E-state index in [1.165, 1.54) is 0 Å². The van der Waals surface area contributed by atoms with Crippen LogP contribution in [0.15, 0.2) is 53.7 Å². The fourth-order valence-electron chi connectivity index (χ4n) is 3.00. The van der Waals surface area contributed by atoms with E-state index in [0.717, 1.165) is 12.8 Å². The van der Waals surface area contributed by atoms with E-state index in [2.05, 4.69) is 4.57 Å². The Balaban J connectivity index is 1.68. The Morgan fingerprint density at radius 3 is 2.26 bits per heavy atom. The number of sulfonamides is 1. The van der Waals surface area contributed by atoms with Crippen molar-refractivity contribution in [3.05, 3.63) is 48.8 Å². The van der Waals surface area contributed by atoms with Crippen molar-refractivity contribution in [1.29, 1.82) is 0 Å². The number of hydrogen-bond donors (Lipinski definition) is 0. The molecule has 2 aromatic rings. The molecular formula is C17H22N2O3S. The summed E-state index contributed by atoms with van der Waals surface area (Å²) >= 11 is 0. The minimum absolute atomic E-state index is 0.334. The maximum Gasteiger partial charge on any atom is 0.243 e. The highest BCUT2D eigenvalue weighted by Crippen LogP contribution is 2.27. The van der Waals surface area contributed by atoms with Crippen LogP contribution in [0.3, 0.4) is 0 Å². The molecule has 1 aliphatic rings. The van der Waals surface area contributed by atoms with Crippen LogP contribution in [0.5, 0.6) is 5.75 Å². The molecule has 3 rings (SSSR count). The molecule has 0 radical (unpaired) electrons.